The second-order valence-electron chi connectivity index (χ2n) is 7.76. The molecule has 28 heavy (non-hydrogen) atoms. The Morgan fingerprint density at radius 2 is 2.11 bits per heavy atom. The molecule has 3 heteroatoms. The second-order valence-corrected chi connectivity index (χ2v) is 7.76. The van der Waals surface area contributed by atoms with Gasteiger partial charge in [-0.25, -0.2) is 4.98 Å². The molecular weight excluding hydrogens is 342 g/mol. The highest BCUT2D eigenvalue weighted by Gasteiger charge is 2.19. The van der Waals surface area contributed by atoms with Crippen molar-refractivity contribution in [1.29, 1.82) is 0 Å². The number of hydrogen-bond acceptors (Lipinski definition) is 2. The van der Waals surface area contributed by atoms with Crippen LogP contribution in [0, 0.1) is 0 Å². The Morgan fingerprint density at radius 1 is 1.21 bits per heavy atom. The van der Waals surface area contributed by atoms with Crippen molar-refractivity contribution in [1.82, 2.24) is 14.3 Å². The first-order chi connectivity index (χ1) is 13.7. The van der Waals surface area contributed by atoms with Crippen LogP contribution in [0.3, 0.4) is 0 Å². The highest BCUT2D eigenvalue weighted by molar-refractivity contribution is 5.67. The lowest BCUT2D eigenvalue weighted by molar-refractivity contribution is 0.271. The van der Waals surface area contributed by atoms with Crippen molar-refractivity contribution in [3.63, 3.8) is 0 Å². The Labute approximate surface area is 167 Å². The fourth-order valence-electron chi connectivity index (χ4n) is 4.16. The summed E-state index contributed by atoms with van der Waals surface area (Å²) < 4.78 is 2.16. The number of hydrogen-bond donors (Lipinski definition) is 0. The highest BCUT2D eigenvalue weighted by atomic mass is 15.2. The molecule has 3 heterocycles. The van der Waals surface area contributed by atoms with Gasteiger partial charge in [0.25, 0.3) is 0 Å². The van der Waals surface area contributed by atoms with Gasteiger partial charge in [-0.2, -0.15) is 0 Å². The summed E-state index contributed by atoms with van der Waals surface area (Å²) in [5.74, 6) is 0. The SMILES string of the molecule is C=c1cccc(-c2ccc3nc(CCN4CCC[C@H]4C)cn3c2)/c1=C/C=C\C. The van der Waals surface area contributed by atoms with Gasteiger partial charge < -0.3 is 9.30 Å². The third-order valence-electron chi connectivity index (χ3n) is 5.81. The second kappa shape index (κ2) is 8.15. The molecule has 0 radical (unpaired) electrons. The molecule has 1 atom stereocenters. The highest BCUT2D eigenvalue weighted by Crippen LogP contribution is 2.19. The summed E-state index contributed by atoms with van der Waals surface area (Å²) >= 11 is 0. The van der Waals surface area contributed by atoms with E-state index in [-0.39, 0.29) is 0 Å². The predicted molar refractivity (Wildman–Crippen MR) is 119 cm³/mol. The first-order valence-electron chi connectivity index (χ1n) is 10.3. The number of allylic oxidation sites excluding steroid dienone is 2. The summed E-state index contributed by atoms with van der Waals surface area (Å²) in [5.41, 5.74) is 4.57. The normalized spacial score (nSPS) is 18.6. The molecule has 1 aliphatic rings. The fourth-order valence-corrected chi connectivity index (χ4v) is 4.16. The van der Waals surface area contributed by atoms with Crippen molar-refractivity contribution < 1.29 is 0 Å². The van der Waals surface area contributed by atoms with Crippen molar-refractivity contribution in [2.75, 3.05) is 13.1 Å². The standard InChI is InChI=1S/C25H29N3/c1-4-5-10-23-19(2)8-6-11-24(23)21-12-13-25-26-22(18-28(25)17-21)14-16-27-15-7-9-20(27)3/h4-6,8,10-13,17-18,20H,2,7,9,14-16H2,1,3H3/b5-4-,23-10+/t20-/m1/s1. The molecule has 0 amide bonds. The molecule has 0 saturated carbocycles. The van der Waals surface area contributed by atoms with Gasteiger partial charge in [-0.05, 0) is 66.9 Å². The van der Waals surface area contributed by atoms with Crippen LogP contribution in [0.4, 0.5) is 0 Å². The van der Waals surface area contributed by atoms with E-state index in [2.05, 4.69) is 77.7 Å². The molecule has 2 aromatic heterocycles. The predicted octanol–water partition coefficient (Wildman–Crippen LogP) is 3.80. The lowest BCUT2D eigenvalue weighted by Gasteiger charge is -2.19. The first kappa shape index (κ1) is 18.7. The minimum atomic E-state index is 0.713. The topological polar surface area (TPSA) is 20.5 Å². The minimum Gasteiger partial charge on any atom is -0.306 e. The zero-order valence-electron chi connectivity index (χ0n) is 16.9. The van der Waals surface area contributed by atoms with E-state index in [1.54, 1.807) is 0 Å². The number of fused-ring (bicyclic) bond motifs is 1. The number of imidazole rings is 1. The number of pyridine rings is 1. The Kier molecular flexibility index (Phi) is 5.45. The molecule has 0 unspecified atom stereocenters. The van der Waals surface area contributed by atoms with Gasteiger partial charge in [0.05, 0.1) is 5.69 Å². The van der Waals surface area contributed by atoms with Gasteiger partial charge in [0.2, 0.25) is 0 Å². The van der Waals surface area contributed by atoms with E-state index >= 15 is 0 Å². The Morgan fingerprint density at radius 3 is 2.89 bits per heavy atom. The number of benzene rings is 1. The van der Waals surface area contributed by atoms with Crippen LogP contribution in [-0.4, -0.2) is 33.4 Å². The van der Waals surface area contributed by atoms with Gasteiger partial charge >= 0.3 is 0 Å². The van der Waals surface area contributed by atoms with Crippen LogP contribution in [0.15, 0.2) is 54.9 Å². The van der Waals surface area contributed by atoms with Crippen LogP contribution in [0.5, 0.6) is 0 Å². The van der Waals surface area contributed by atoms with E-state index in [1.807, 2.05) is 13.0 Å². The van der Waals surface area contributed by atoms with Crippen LogP contribution in [-0.2, 0) is 6.42 Å². The Hall–Kier alpha value is -2.65. The van der Waals surface area contributed by atoms with Crippen LogP contribution < -0.4 is 10.4 Å². The van der Waals surface area contributed by atoms with Gasteiger partial charge in [-0.1, -0.05) is 43.0 Å². The van der Waals surface area contributed by atoms with E-state index in [0.717, 1.165) is 23.8 Å². The van der Waals surface area contributed by atoms with E-state index in [0.29, 0.717) is 6.04 Å². The fraction of sp³-hybridized carbons (Fsp3) is 0.320. The molecule has 144 valence electrons. The molecule has 0 bridgehead atoms. The molecule has 0 spiro atoms. The van der Waals surface area contributed by atoms with Gasteiger partial charge in [0.1, 0.15) is 5.65 Å². The number of aromatic nitrogens is 2. The lowest BCUT2D eigenvalue weighted by Crippen LogP contribution is -2.29. The average Bonchev–Trinajstić information content (AvgIpc) is 3.30. The van der Waals surface area contributed by atoms with Crippen LogP contribution in [0.25, 0.3) is 29.4 Å². The molecule has 1 fully saturated rings. The van der Waals surface area contributed by atoms with Gasteiger partial charge in [-0.3, -0.25) is 0 Å². The molecule has 0 N–H and O–H groups in total. The number of rotatable bonds is 5. The first-order valence-corrected chi connectivity index (χ1v) is 10.3. The van der Waals surface area contributed by atoms with Crippen molar-refractivity contribution in [3.05, 3.63) is 71.0 Å². The third-order valence-corrected chi connectivity index (χ3v) is 5.81. The van der Waals surface area contributed by atoms with Gasteiger partial charge in [0, 0.05) is 31.4 Å². The summed E-state index contributed by atoms with van der Waals surface area (Å²) in [6.45, 7) is 10.9. The maximum absolute atomic E-state index is 4.83. The van der Waals surface area contributed by atoms with Crippen LogP contribution in [0.1, 0.15) is 32.4 Å². The average molecular weight is 372 g/mol. The van der Waals surface area contributed by atoms with Crippen LogP contribution in [0.2, 0.25) is 0 Å². The van der Waals surface area contributed by atoms with Gasteiger partial charge in [-0.15, -0.1) is 0 Å². The zero-order chi connectivity index (χ0) is 19.5. The molecule has 3 aromatic rings. The lowest BCUT2D eigenvalue weighted by atomic mass is 10.0. The minimum absolute atomic E-state index is 0.713. The zero-order valence-corrected chi connectivity index (χ0v) is 16.9. The quantitative estimate of drug-likeness (QED) is 0.680. The maximum Gasteiger partial charge on any atom is 0.137 e. The monoisotopic (exact) mass is 371 g/mol. The van der Waals surface area contributed by atoms with Crippen molar-refractivity contribution >= 4 is 18.3 Å². The van der Waals surface area contributed by atoms with Crippen LogP contribution >= 0.6 is 0 Å². The largest absolute Gasteiger partial charge is 0.306 e. The van der Waals surface area contributed by atoms with E-state index < -0.39 is 0 Å². The molecule has 3 nitrogen and oxygen atoms in total. The van der Waals surface area contributed by atoms with E-state index in [9.17, 15) is 0 Å². The maximum atomic E-state index is 4.83. The van der Waals surface area contributed by atoms with Crippen molar-refractivity contribution in [2.45, 2.75) is 39.2 Å². The summed E-state index contributed by atoms with van der Waals surface area (Å²) in [7, 11) is 0. The Balaban J connectivity index is 1.64. The molecule has 1 aromatic carbocycles. The Bertz CT molecular complexity index is 1110. The number of likely N-dealkylation sites (tertiary alicyclic amines) is 1. The summed E-state index contributed by atoms with van der Waals surface area (Å²) in [6.07, 6.45) is 14.3. The smallest absolute Gasteiger partial charge is 0.137 e. The summed E-state index contributed by atoms with van der Waals surface area (Å²) in [4.78, 5) is 7.41. The number of nitrogens with zero attached hydrogens (tertiary/aromatic N) is 3. The molecule has 4 rings (SSSR count). The molecule has 0 aliphatic carbocycles. The molecule has 1 aliphatic heterocycles. The summed E-state index contributed by atoms with van der Waals surface area (Å²) in [6, 6.07) is 11.3. The van der Waals surface area contributed by atoms with Crippen molar-refractivity contribution in [3.8, 4) is 11.1 Å². The van der Waals surface area contributed by atoms with Crippen molar-refractivity contribution in [2.24, 2.45) is 0 Å². The molecular formula is C25H29N3. The molecule has 1 saturated heterocycles. The third kappa shape index (κ3) is 3.81. The van der Waals surface area contributed by atoms with E-state index in [4.69, 9.17) is 4.98 Å². The van der Waals surface area contributed by atoms with Gasteiger partial charge in [0.15, 0.2) is 0 Å². The van der Waals surface area contributed by atoms with E-state index in [1.165, 1.54) is 41.4 Å². The summed E-state index contributed by atoms with van der Waals surface area (Å²) in [5, 5.41) is 2.21.